The zero-order chi connectivity index (χ0) is 15.2. The average molecular weight is 288 g/mol. The normalized spacial score (nSPS) is 12.1. The molecule has 2 rings (SSSR count). The Morgan fingerprint density at radius 2 is 1.86 bits per heavy atom. The van der Waals surface area contributed by atoms with E-state index in [4.69, 9.17) is 5.11 Å². The Morgan fingerprint density at radius 1 is 1.14 bits per heavy atom. The number of aliphatic hydroxyl groups excluding tert-OH is 1. The highest BCUT2D eigenvalue weighted by atomic mass is 19.1. The number of carboxylic acids is 1. The third-order valence-electron chi connectivity index (χ3n) is 3.43. The lowest BCUT2D eigenvalue weighted by atomic mass is 9.92. The number of hydrogen-bond donors (Lipinski definition) is 2. The van der Waals surface area contributed by atoms with Gasteiger partial charge in [0.15, 0.2) is 0 Å². The molecule has 0 heterocycles. The highest BCUT2D eigenvalue weighted by Gasteiger charge is 2.20. The molecule has 0 saturated carbocycles. The summed E-state index contributed by atoms with van der Waals surface area (Å²) in [5, 5.41) is 18.1. The molecular weight excluding hydrogens is 271 g/mol. The lowest BCUT2D eigenvalue weighted by Gasteiger charge is -2.13. The van der Waals surface area contributed by atoms with Crippen molar-refractivity contribution in [3.8, 4) is 11.1 Å². The van der Waals surface area contributed by atoms with Gasteiger partial charge in [-0.15, -0.1) is 0 Å². The first-order valence-corrected chi connectivity index (χ1v) is 6.82. The third-order valence-corrected chi connectivity index (χ3v) is 3.43. The van der Waals surface area contributed by atoms with Crippen LogP contribution in [0.5, 0.6) is 0 Å². The van der Waals surface area contributed by atoms with Crippen LogP contribution in [0.3, 0.4) is 0 Å². The zero-order valence-corrected chi connectivity index (χ0v) is 11.5. The summed E-state index contributed by atoms with van der Waals surface area (Å²) >= 11 is 0. The SMILES string of the molecule is O=C(O)C(CCCO)c1ccc(-c2ccccc2)c(F)c1. The van der Waals surface area contributed by atoms with Gasteiger partial charge >= 0.3 is 5.97 Å². The van der Waals surface area contributed by atoms with Gasteiger partial charge in [0.1, 0.15) is 5.82 Å². The third kappa shape index (κ3) is 3.67. The fraction of sp³-hybridized carbons (Fsp3) is 0.235. The van der Waals surface area contributed by atoms with E-state index < -0.39 is 17.7 Å². The molecule has 2 N–H and O–H groups in total. The molecule has 0 radical (unpaired) electrons. The van der Waals surface area contributed by atoms with Crippen molar-refractivity contribution in [3.05, 3.63) is 59.9 Å². The Balaban J connectivity index is 2.31. The molecule has 0 amide bonds. The van der Waals surface area contributed by atoms with Crippen molar-refractivity contribution in [3.63, 3.8) is 0 Å². The minimum absolute atomic E-state index is 0.0750. The fourth-order valence-corrected chi connectivity index (χ4v) is 2.33. The van der Waals surface area contributed by atoms with Gasteiger partial charge in [0.05, 0.1) is 5.92 Å². The van der Waals surface area contributed by atoms with Crippen LogP contribution in [0.1, 0.15) is 24.3 Å². The first-order chi connectivity index (χ1) is 10.1. The van der Waals surface area contributed by atoms with E-state index in [9.17, 15) is 14.3 Å². The zero-order valence-electron chi connectivity index (χ0n) is 11.5. The standard InChI is InChI=1S/C17H17FO3/c18-16-11-13(15(17(20)21)7-4-10-19)8-9-14(16)12-5-2-1-3-6-12/h1-3,5-6,8-9,11,15,19H,4,7,10H2,(H,20,21). The van der Waals surface area contributed by atoms with E-state index in [1.54, 1.807) is 24.3 Å². The van der Waals surface area contributed by atoms with Gasteiger partial charge < -0.3 is 10.2 Å². The molecule has 3 nitrogen and oxygen atoms in total. The van der Waals surface area contributed by atoms with Crippen molar-refractivity contribution in [2.45, 2.75) is 18.8 Å². The van der Waals surface area contributed by atoms with E-state index >= 15 is 0 Å². The van der Waals surface area contributed by atoms with Crippen LogP contribution in [-0.4, -0.2) is 22.8 Å². The molecule has 0 aliphatic rings. The van der Waals surface area contributed by atoms with Crippen LogP contribution in [0, 0.1) is 5.82 Å². The molecule has 2 aromatic rings. The molecule has 0 bridgehead atoms. The van der Waals surface area contributed by atoms with Gasteiger partial charge in [-0.2, -0.15) is 0 Å². The average Bonchev–Trinajstić information content (AvgIpc) is 2.48. The van der Waals surface area contributed by atoms with E-state index in [0.717, 1.165) is 5.56 Å². The Bertz CT molecular complexity index is 611. The quantitative estimate of drug-likeness (QED) is 0.856. The van der Waals surface area contributed by atoms with Crippen molar-refractivity contribution in [1.82, 2.24) is 0 Å². The van der Waals surface area contributed by atoms with Crippen LogP contribution in [0.25, 0.3) is 11.1 Å². The highest BCUT2D eigenvalue weighted by molar-refractivity contribution is 5.76. The van der Waals surface area contributed by atoms with Crippen molar-refractivity contribution in [2.75, 3.05) is 6.61 Å². The second-order valence-corrected chi connectivity index (χ2v) is 4.86. The molecule has 0 aliphatic carbocycles. The number of aliphatic hydroxyl groups is 1. The summed E-state index contributed by atoms with van der Waals surface area (Å²) in [5.74, 6) is -2.24. The summed E-state index contributed by atoms with van der Waals surface area (Å²) in [6.45, 7) is -0.0750. The fourth-order valence-electron chi connectivity index (χ4n) is 2.33. The van der Waals surface area contributed by atoms with Crippen LogP contribution in [-0.2, 0) is 4.79 Å². The predicted molar refractivity (Wildman–Crippen MR) is 78.5 cm³/mol. The maximum atomic E-state index is 14.2. The highest BCUT2D eigenvalue weighted by Crippen LogP contribution is 2.28. The molecule has 2 aromatic carbocycles. The van der Waals surface area contributed by atoms with Gasteiger partial charge in [-0.25, -0.2) is 4.39 Å². The summed E-state index contributed by atoms with van der Waals surface area (Å²) < 4.78 is 14.2. The van der Waals surface area contributed by atoms with Crippen molar-refractivity contribution >= 4 is 5.97 Å². The molecule has 0 aliphatic heterocycles. The van der Waals surface area contributed by atoms with Crippen molar-refractivity contribution in [1.29, 1.82) is 0 Å². The van der Waals surface area contributed by atoms with Gasteiger partial charge in [-0.1, -0.05) is 42.5 Å². The molecule has 1 atom stereocenters. The van der Waals surface area contributed by atoms with E-state index in [0.29, 0.717) is 17.5 Å². The van der Waals surface area contributed by atoms with E-state index in [1.807, 2.05) is 18.2 Å². The Hall–Kier alpha value is -2.20. The summed E-state index contributed by atoms with van der Waals surface area (Å²) in [6, 6.07) is 13.6. The maximum absolute atomic E-state index is 14.2. The molecule has 1 unspecified atom stereocenters. The minimum atomic E-state index is -1.00. The van der Waals surface area contributed by atoms with Gasteiger partial charge in [0, 0.05) is 12.2 Å². The second-order valence-electron chi connectivity index (χ2n) is 4.86. The number of carboxylic acid groups (broad SMARTS) is 1. The Kier molecular flexibility index (Phi) is 5.06. The molecule has 0 fully saturated rings. The molecule has 4 heteroatoms. The molecule has 110 valence electrons. The maximum Gasteiger partial charge on any atom is 0.310 e. The Morgan fingerprint density at radius 3 is 2.43 bits per heavy atom. The van der Waals surface area contributed by atoms with E-state index in [1.165, 1.54) is 6.07 Å². The second kappa shape index (κ2) is 6.99. The van der Waals surface area contributed by atoms with Crippen LogP contribution in [0.2, 0.25) is 0 Å². The number of hydrogen-bond acceptors (Lipinski definition) is 2. The number of halogens is 1. The molecular formula is C17H17FO3. The van der Waals surface area contributed by atoms with Crippen LogP contribution in [0.15, 0.2) is 48.5 Å². The van der Waals surface area contributed by atoms with Gasteiger partial charge in [-0.3, -0.25) is 4.79 Å². The Labute approximate surface area is 122 Å². The summed E-state index contributed by atoms with van der Waals surface area (Å²) in [6.07, 6.45) is 0.662. The number of benzene rings is 2. The largest absolute Gasteiger partial charge is 0.481 e. The van der Waals surface area contributed by atoms with Crippen LogP contribution < -0.4 is 0 Å². The lowest BCUT2D eigenvalue weighted by molar-refractivity contribution is -0.139. The van der Waals surface area contributed by atoms with Crippen LogP contribution >= 0.6 is 0 Å². The lowest BCUT2D eigenvalue weighted by Crippen LogP contribution is -2.12. The summed E-state index contributed by atoms with van der Waals surface area (Å²) in [4.78, 5) is 11.3. The van der Waals surface area contributed by atoms with Gasteiger partial charge in [-0.05, 0) is 30.0 Å². The smallest absolute Gasteiger partial charge is 0.310 e. The van der Waals surface area contributed by atoms with Crippen molar-refractivity contribution in [2.24, 2.45) is 0 Å². The first-order valence-electron chi connectivity index (χ1n) is 6.82. The minimum Gasteiger partial charge on any atom is -0.481 e. The van der Waals surface area contributed by atoms with Gasteiger partial charge in [0.2, 0.25) is 0 Å². The number of rotatable bonds is 6. The monoisotopic (exact) mass is 288 g/mol. The van der Waals surface area contributed by atoms with Crippen LogP contribution in [0.4, 0.5) is 4.39 Å². The predicted octanol–water partition coefficient (Wildman–Crippen LogP) is 3.43. The molecule has 0 spiro atoms. The van der Waals surface area contributed by atoms with Gasteiger partial charge in [0.25, 0.3) is 0 Å². The summed E-state index contributed by atoms with van der Waals surface area (Å²) in [7, 11) is 0. The number of carbonyl (C=O) groups is 1. The van der Waals surface area contributed by atoms with E-state index in [-0.39, 0.29) is 13.0 Å². The topological polar surface area (TPSA) is 57.5 Å². The summed E-state index contributed by atoms with van der Waals surface area (Å²) in [5.41, 5.74) is 1.63. The molecule has 0 saturated heterocycles. The van der Waals surface area contributed by atoms with E-state index in [2.05, 4.69) is 0 Å². The molecule has 0 aromatic heterocycles. The first kappa shape index (κ1) is 15.2. The molecule has 21 heavy (non-hydrogen) atoms. The van der Waals surface area contributed by atoms with Crippen molar-refractivity contribution < 1.29 is 19.4 Å². The number of aliphatic carboxylic acids is 1.